The highest BCUT2D eigenvalue weighted by Gasteiger charge is 2.18. The van der Waals surface area contributed by atoms with Crippen LogP contribution in [0, 0.1) is 0 Å². The van der Waals surface area contributed by atoms with E-state index in [1.165, 1.54) is 26.9 Å². The number of oxazole rings is 1. The van der Waals surface area contributed by atoms with Crippen LogP contribution in [0.3, 0.4) is 0 Å². The van der Waals surface area contributed by atoms with Crippen LogP contribution in [0.2, 0.25) is 0 Å². The van der Waals surface area contributed by atoms with Gasteiger partial charge in [0.25, 0.3) is 0 Å². The van der Waals surface area contributed by atoms with Crippen LogP contribution >= 0.6 is 0 Å². The standard InChI is InChI=1S/C15H11N5O2.C8H14N2O3.C8H14N2O2.2C3H8/c21-9-18-14-7-20-6-13(19-15(20)22-14)11-3-1-10(2-4-11)12-5-16-8-17-12;1-13-8(12)9-6-7(11)10-4-2-3-5-10;1-7(11)9-6-8(12)10-4-2-3-5-10;2*1-3-2/h1-9H,(H,16,17)(H,18,21);2-6H2,1H3,(H,9,12);2-6H2,1H3,(H,9,11);2*3H2,1-2H3. The fourth-order valence-electron chi connectivity index (χ4n) is 4.87. The molecule has 2 fully saturated rings. The summed E-state index contributed by atoms with van der Waals surface area (Å²) in [4.78, 5) is 69.1. The highest BCUT2D eigenvalue weighted by Crippen LogP contribution is 2.25. The molecule has 0 spiro atoms. The molecule has 2 aliphatic rings. The first-order chi connectivity index (χ1) is 25.6. The Bertz CT molecular complexity index is 1620. The second kappa shape index (κ2) is 24.5. The Morgan fingerprint density at radius 1 is 0.849 bits per heavy atom. The highest BCUT2D eigenvalue weighted by atomic mass is 16.5. The predicted octanol–water partition coefficient (Wildman–Crippen LogP) is 5.10. The van der Waals surface area contributed by atoms with E-state index in [0.29, 0.717) is 18.1 Å². The van der Waals surface area contributed by atoms with Gasteiger partial charge in [0.2, 0.25) is 30.0 Å². The Balaban J connectivity index is 0.000000271. The molecule has 0 atom stereocenters. The normalized spacial score (nSPS) is 12.7. The van der Waals surface area contributed by atoms with Crippen LogP contribution in [0.25, 0.3) is 28.4 Å². The number of hydrogen-bond acceptors (Lipinski definition) is 9. The van der Waals surface area contributed by atoms with Crippen LogP contribution in [0.4, 0.5) is 10.7 Å². The monoisotopic (exact) mass is 737 g/mol. The van der Waals surface area contributed by atoms with E-state index in [-0.39, 0.29) is 30.8 Å². The number of rotatable bonds is 8. The number of carbonyl (C=O) groups excluding carboxylic acids is 5. The van der Waals surface area contributed by atoms with Gasteiger partial charge >= 0.3 is 11.9 Å². The molecular formula is C37H55N9O7. The lowest BCUT2D eigenvalue weighted by Crippen LogP contribution is -2.38. The maximum atomic E-state index is 11.3. The number of carbonyl (C=O) groups is 5. The summed E-state index contributed by atoms with van der Waals surface area (Å²) < 4.78 is 11.5. The van der Waals surface area contributed by atoms with E-state index in [9.17, 15) is 24.0 Å². The third-order valence-electron chi connectivity index (χ3n) is 7.32. The van der Waals surface area contributed by atoms with Gasteiger partial charge in [0.15, 0.2) is 0 Å². The third-order valence-corrected chi connectivity index (χ3v) is 7.32. The van der Waals surface area contributed by atoms with E-state index >= 15 is 0 Å². The summed E-state index contributed by atoms with van der Waals surface area (Å²) in [6, 6.07) is 7.98. The lowest BCUT2D eigenvalue weighted by molar-refractivity contribution is -0.131. The maximum Gasteiger partial charge on any atom is 0.407 e. The number of nitrogens with zero attached hydrogens (tertiary/aromatic N) is 5. The second-order valence-corrected chi connectivity index (χ2v) is 12.1. The second-order valence-electron chi connectivity index (χ2n) is 12.1. The molecular weight excluding hydrogens is 682 g/mol. The first-order valence-corrected chi connectivity index (χ1v) is 18.0. The average Bonchev–Trinajstić information content (AvgIpc) is 4.00. The van der Waals surface area contributed by atoms with Gasteiger partial charge < -0.3 is 34.6 Å². The number of amides is 5. The van der Waals surface area contributed by atoms with Gasteiger partial charge in [-0.15, -0.1) is 0 Å². The Hall–Kier alpha value is -5.67. The maximum absolute atomic E-state index is 11.3. The molecule has 16 heteroatoms. The van der Waals surface area contributed by atoms with Gasteiger partial charge in [-0.25, -0.2) is 9.78 Å². The third kappa shape index (κ3) is 15.6. The molecule has 0 unspecified atom stereocenters. The number of nitrogens with one attached hydrogen (secondary N) is 4. The molecule has 0 saturated carbocycles. The van der Waals surface area contributed by atoms with Gasteiger partial charge in [0.05, 0.1) is 43.8 Å². The topological polar surface area (TPSA) is 196 Å². The molecule has 4 N–H and O–H groups in total. The van der Waals surface area contributed by atoms with Crippen molar-refractivity contribution in [2.75, 3.05) is 51.7 Å². The minimum absolute atomic E-state index is 0.0303. The lowest BCUT2D eigenvalue weighted by atomic mass is 10.1. The summed E-state index contributed by atoms with van der Waals surface area (Å²) in [5, 5.41) is 7.30. The van der Waals surface area contributed by atoms with Crippen molar-refractivity contribution in [1.29, 1.82) is 0 Å². The van der Waals surface area contributed by atoms with Crippen molar-refractivity contribution in [3.05, 3.63) is 49.2 Å². The van der Waals surface area contributed by atoms with Gasteiger partial charge in [0.1, 0.15) is 6.54 Å². The number of benzene rings is 1. The van der Waals surface area contributed by atoms with E-state index in [2.05, 4.69) is 63.3 Å². The highest BCUT2D eigenvalue weighted by molar-refractivity contribution is 5.84. The van der Waals surface area contributed by atoms with E-state index in [0.717, 1.165) is 74.4 Å². The molecule has 6 rings (SSSR count). The van der Waals surface area contributed by atoms with Crippen LogP contribution < -0.4 is 16.0 Å². The summed E-state index contributed by atoms with van der Waals surface area (Å²) in [5.41, 5.74) is 3.80. The fraction of sp³-hybridized carbons (Fsp3) is 0.486. The number of alkyl carbamates (subject to hydrolysis) is 1. The molecule has 2 aliphatic heterocycles. The number of likely N-dealkylation sites (tertiary alicyclic amines) is 2. The number of aromatic nitrogens is 4. The van der Waals surface area contributed by atoms with Crippen LogP contribution in [0.1, 0.15) is 73.1 Å². The zero-order valence-electron chi connectivity index (χ0n) is 31.8. The van der Waals surface area contributed by atoms with Crippen LogP contribution in [-0.2, 0) is 23.9 Å². The van der Waals surface area contributed by atoms with Crippen molar-refractivity contribution >= 4 is 42.0 Å². The van der Waals surface area contributed by atoms with Gasteiger partial charge in [0, 0.05) is 44.9 Å². The summed E-state index contributed by atoms with van der Waals surface area (Å²) in [7, 11) is 1.27. The number of ether oxygens (including phenoxy) is 1. The zero-order chi connectivity index (χ0) is 39.0. The van der Waals surface area contributed by atoms with E-state index < -0.39 is 6.09 Å². The molecule has 2 saturated heterocycles. The zero-order valence-corrected chi connectivity index (χ0v) is 31.8. The predicted molar refractivity (Wildman–Crippen MR) is 203 cm³/mol. The largest absolute Gasteiger partial charge is 0.453 e. The van der Waals surface area contributed by atoms with Gasteiger partial charge in [-0.1, -0.05) is 64.8 Å². The quantitative estimate of drug-likeness (QED) is 0.178. The van der Waals surface area contributed by atoms with Crippen LogP contribution in [-0.4, -0.2) is 106 Å². The van der Waals surface area contributed by atoms with E-state index in [4.69, 9.17) is 4.42 Å². The van der Waals surface area contributed by atoms with Crippen molar-refractivity contribution in [2.24, 2.45) is 0 Å². The molecule has 0 bridgehead atoms. The van der Waals surface area contributed by atoms with Gasteiger partial charge in [-0.05, 0) is 31.2 Å². The summed E-state index contributed by atoms with van der Waals surface area (Å²) in [6.07, 6.45) is 13.7. The Morgan fingerprint density at radius 3 is 1.83 bits per heavy atom. The number of imidazole rings is 2. The first kappa shape index (κ1) is 43.5. The molecule has 290 valence electrons. The van der Waals surface area contributed by atoms with Crippen molar-refractivity contribution in [1.82, 2.24) is 39.8 Å². The Morgan fingerprint density at radius 2 is 1.38 bits per heavy atom. The van der Waals surface area contributed by atoms with E-state index in [1.54, 1.807) is 32.9 Å². The number of aromatic amines is 1. The number of hydrogen-bond donors (Lipinski definition) is 4. The van der Waals surface area contributed by atoms with Crippen LogP contribution in [0.15, 0.2) is 53.6 Å². The fourth-order valence-corrected chi connectivity index (χ4v) is 4.87. The SMILES string of the molecule is CC(=O)NCC(=O)N1CCCC1.CCC.CCC.COC(=O)NCC(=O)N1CCCC1.O=CNc1cn2cc(-c3ccc(-c4cnc[nH]4)cc3)nc2o1. The summed E-state index contributed by atoms with van der Waals surface area (Å²) in [5.74, 6) is 0.629. The molecule has 4 aromatic rings. The molecule has 5 amide bonds. The minimum atomic E-state index is -0.562. The van der Waals surface area contributed by atoms with Crippen molar-refractivity contribution in [3.8, 4) is 22.5 Å². The molecule has 0 aliphatic carbocycles. The summed E-state index contributed by atoms with van der Waals surface area (Å²) in [6.45, 7) is 13.4. The molecule has 3 aromatic heterocycles. The van der Waals surface area contributed by atoms with Crippen LogP contribution in [0.5, 0.6) is 0 Å². The molecule has 53 heavy (non-hydrogen) atoms. The van der Waals surface area contributed by atoms with Crippen molar-refractivity contribution in [3.63, 3.8) is 0 Å². The molecule has 0 radical (unpaired) electrons. The number of H-pyrrole nitrogens is 1. The smallest absolute Gasteiger partial charge is 0.407 e. The molecule has 16 nitrogen and oxygen atoms in total. The number of methoxy groups -OCH3 is 1. The van der Waals surface area contributed by atoms with Crippen molar-refractivity contribution < 1.29 is 33.1 Å². The van der Waals surface area contributed by atoms with Gasteiger partial charge in [-0.2, -0.15) is 4.98 Å². The first-order valence-electron chi connectivity index (χ1n) is 18.0. The number of fused-ring (bicyclic) bond motifs is 1. The van der Waals surface area contributed by atoms with Gasteiger partial charge in [-0.3, -0.25) is 28.9 Å². The number of anilines is 1. The molecule has 1 aromatic carbocycles. The summed E-state index contributed by atoms with van der Waals surface area (Å²) >= 11 is 0. The van der Waals surface area contributed by atoms with E-state index in [1.807, 2.05) is 30.5 Å². The molecule has 5 heterocycles. The lowest BCUT2D eigenvalue weighted by Gasteiger charge is -2.14. The Kier molecular flexibility index (Phi) is 20.1. The van der Waals surface area contributed by atoms with Crippen molar-refractivity contribution in [2.45, 2.75) is 73.1 Å². The minimum Gasteiger partial charge on any atom is -0.453 e. The average molecular weight is 738 g/mol. The Labute approximate surface area is 311 Å².